The first-order valence-electron chi connectivity index (χ1n) is 5.81. The summed E-state index contributed by atoms with van der Waals surface area (Å²) in [5.41, 5.74) is 5.37. The van der Waals surface area contributed by atoms with Crippen LogP contribution >= 0.6 is 0 Å². The molecule has 0 saturated carbocycles. The van der Waals surface area contributed by atoms with E-state index >= 15 is 0 Å². The van der Waals surface area contributed by atoms with Gasteiger partial charge in [-0.15, -0.1) is 0 Å². The number of nitrogens with two attached hydrogens (primary N) is 1. The highest BCUT2D eigenvalue weighted by molar-refractivity contribution is 7.92. The number of nitrogens with one attached hydrogen (secondary N) is 1. The van der Waals surface area contributed by atoms with Crippen LogP contribution in [0.4, 0.5) is 0 Å². The maximum Gasteiger partial charge on any atom is 0.287 e. The minimum atomic E-state index is -3.03. The van der Waals surface area contributed by atoms with Crippen LogP contribution in [0.25, 0.3) is 0 Å². The van der Waals surface area contributed by atoms with Crippen molar-refractivity contribution in [1.29, 1.82) is 0 Å². The highest BCUT2D eigenvalue weighted by Crippen LogP contribution is 2.19. The Bertz CT molecular complexity index is 535. The predicted molar refractivity (Wildman–Crippen MR) is 65.7 cm³/mol. The fourth-order valence-corrected chi connectivity index (χ4v) is 3.76. The first kappa shape index (κ1) is 13.1. The zero-order valence-electron chi connectivity index (χ0n) is 9.89. The Labute approximate surface area is 105 Å². The van der Waals surface area contributed by atoms with E-state index in [1.54, 1.807) is 6.07 Å². The molecule has 1 unspecified atom stereocenters. The topological polar surface area (TPSA) is 102 Å². The molecule has 2 rings (SSSR count). The van der Waals surface area contributed by atoms with Crippen LogP contribution in [0.2, 0.25) is 0 Å². The molecule has 0 bridgehead atoms. The van der Waals surface area contributed by atoms with E-state index < -0.39 is 21.0 Å². The van der Waals surface area contributed by atoms with Crippen molar-refractivity contribution < 1.29 is 17.6 Å². The fourth-order valence-electron chi connectivity index (χ4n) is 1.99. The van der Waals surface area contributed by atoms with Crippen LogP contribution < -0.4 is 11.1 Å². The summed E-state index contributed by atoms with van der Waals surface area (Å²) in [5, 5.41) is 2.11. The second kappa shape index (κ2) is 5.11. The third kappa shape index (κ3) is 2.73. The quantitative estimate of drug-likeness (QED) is 0.806. The summed E-state index contributed by atoms with van der Waals surface area (Å²) >= 11 is 0. The summed E-state index contributed by atoms with van der Waals surface area (Å²) in [7, 11) is -3.03. The Morgan fingerprint density at radius 1 is 1.50 bits per heavy atom. The molecule has 0 radical (unpaired) electrons. The second-order valence-corrected chi connectivity index (χ2v) is 6.71. The Morgan fingerprint density at radius 3 is 2.83 bits per heavy atom. The van der Waals surface area contributed by atoms with Crippen LogP contribution in [0.3, 0.4) is 0 Å². The molecular formula is C11H16N2O4S. The van der Waals surface area contributed by atoms with E-state index in [9.17, 15) is 13.2 Å². The zero-order chi connectivity index (χ0) is 13.2. The summed E-state index contributed by atoms with van der Waals surface area (Å²) in [4.78, 5) is 11.7. The van der Waals surface area contributed by atoms with Gasteiger partial charge in [0, 0.05) is 6.54 Å². The third-order valence-corrected chi connectivity index (χ3v) is 5.32. The van der Waals surface area contributed by atoms with E-state index in [4.69, 9.17) is 10.2 Å². The standard InChI is InChI=1S/C11H16N2O4S/c12-6-8-3-4-10(17-8)11(14)13-7-9-2-1-5-18(9,15)16/h3-4,9H,1-2,5-7,12H2,(H,13,14). The van der Waals surface area contributed by atoms with Crippen molar-refractivity contribution >= 4 is 15.7 Å². The lowest BCUT2D eigenvalue weighted by Gasteiger charge is -2.09. The van der Waals surface area contributed by atoms with E-state index in [0.29, 0.717) is 18.6 Å². The Morgan fingerprint density at radius 2 is 2.28 bits per heavy atom. The number of hydrogen-bond donors (Lipinski definition) is 2. The Kier molecular flexibility index (Phi) is 3.72. The minimum absolute atomic E-state index is 0.139. The molecule has 3 N–H and O–H groups in total. The number of carbonyl (C=O) groups excluding carboxylic acids is 1. The van der Waals surface area contributed by atoms with Crippen molar-refractivity contribution in [2.75, 3.05) is 12.3 Å². The molecule has 2 heterocycles. The lowest BCUT2D eigenvalue weighted by molar-refractivity contribution is 0.0924. The Hall–Kier alpha value is -1.34. The normalized spacial score (nSPS) is 21.9. The molecular weight excluding hydrogens is 256 g/mol. The van der Waals surface area contributed by atoms with Crippen LogP contribution in [-0.4, -0.2) is 31.9 Å². The minimum Gasteiger partial charge on any atom is -0.455 e. The van der Waals surface area contributed by atoms with Gasteiger partial charge in [-0.1, -0.05) is 0 Å². The van der Waals surface area contributed by atoms with E-state index in [0.717, 1.165) is 0 Å². The molecule has 1 fully saturated rings. The molecule has 18 heavy (non-hydrogen) atoms. The second-order valence-electron chi connectivity index (χ2n) is 4.31. The summed E-state index contributed by atoms with van der Waals surface area (Å²) in [5.74, 6) is 0.488. The van der Waals surface area contributed by atoms with Gasteiger partial charge in [-0.2, -0.15) is 0 Å². The molecule has 1 aromatic rings. The van der Waals surface area contributed by atoms with Crippen molar-refractivity contribution in [1.82, 2.24) is 5.32 Å². The zero-order valence-corrected chi connectivity index (χ0v) is 10.7. The third-order valence-electron chi connectivity index (χ3n) is 3.04. The average molecular weight is 272 g/mol. The van der Waals surface area contributed by atoms with Gasteiger partial charge in [-0.3, -0.25) is 4.79 Å². The van der Waals surface area contributed by atoms with Gasteiger partial charge >= 0.3 is 0 Å². The van der Waals surface area contributed by atoms with E-state index in [-0.39, 0.29) is 24.6 Å². The van der Waals surface area contributed by atoms with Gasteiger partial charge in [-0.25, -0.2) is 8.42 Å². The summed E-state index contributed by atoms with van der Waals surface area (Å²) in [6.07, 6.45) is 1.27. The first-order chi connectivity index (χ1) is 8.53. The average Bonchev–Trinajstić information content (AvgIpc) is 2.92. The van der Waals surface area contributed by atoms with Gasteiger partial charge in [0.15, 0.2) is 15.6 Å². The maximum atomic E-state index is 11.7. The number of hydrogen-bond acceptors (Lipinski definition) is 5. The van der Waals surface area contributed by atoms with E-state index in [1.165, 1.54) is 6.07 Å². The lowest BCUT2D eigenvalue weighted by atomic mass is 10.2. The smallest absolute Gasteiger partial charge is 0.287 e. The molecule has 1 saturated heterocycles. The van der Waals surface area contributed by atoms with Gasteiger partial charge in [0.05, 0.1) is 17.5 Å². The molecule has 7 heteroatoms. The first-order valence-corrected chi connectivity index (χ1v) is 7.53. The Balaban J connectivity index is 1.92. The largest absolute Gasteiger partial charge is 0.455 e. The van der Waals surface area contributed by atoms with Gasteiger partial charge in [0.1, 0.15) is 5.76 Å². The molecule has 1 amide bonds. The monoisotopic (exact) mass is 272 g/mol. The molecule has 0 aliphatic carbocycles. The van der Waals surface area contributed by atoms with Crippen LogP contribution in [0.15, 0.2) is 16.5 Å². The van der Waals surface area contributed by atoms with Crippen molar-refractivity contribution in [3.8, 4) is 0 Å². The summed E-state index contributed by atoms with van der Waals surface area (Å²) < 4.78 is 28.3. The van der Waals surface area contributed by atoms with Crippen LogP contribution in [-0.2, 0) is 16.4 Å². The van der Waals surface area contributed by atoms with E-state index in [1.807, 2.05) is 0 Å². The molecule has 1 atom stereocenters. The number of rotatable bonds is 4. The lowest BCUT2D eigenvalue weighted by Crippen LogP contribution is -2.34. The molecule has 1 aromatic heterocycles. The number of carbonyl (C=O) groups is 1. The van der Waals surface area contributed by atoms with Gasteiger partial charge in [0.25, 0.3) is 5.91 Å². The van der Waals surface area contributed by atoms with Crippen LogP contribution in [0, 0.1) is 0 Å². The molecule has 0 spiro atoms. The molecule has 6 nitrogen and oxygen atoms in total. The maximum absolute atomic E-state index is 11.7. The van der Waals surface area contributed by atoms with Crippen molar-refractivity contribution in [2.24, 2.45) is 5.73 Å². The number of amides is 1. The van der Waals surface area contributed by atoms with Crippen molar-refractivity contribution in [3.63, 3.8) is 0 Å². The molecule has 100 valence electrons. The molecule has 1 aliphatic rings. The van der Waals surface area contributed by atoms with Crippen molar-refractivity contribution in [2.45, 2.75) is 24.6 Å². The van der Waals surface area contributed by atoms with Crippen LogP contribution in [0.5, 0.6) is 0 Å². The van der Waals surface area contributed by atoms with E-state index in [2.05, 4.69) is 5.32 Å². The molecule has 0 aromatic carbocycles. The highest BCUT2D eigenvalue weighted by Gasteiger charge is 2.31. The summed E-state index contributed by atoms with van der Waals surface area (Å²) in [6, 6.07) is 3.15. The highest BCUT2D eigenvalue weighted by atomic mass is 32.2. The van der Waals surface area contributed by atoms with Gasteiger partial charge in [-0.05, 0) is 25.0 Å². The van der Waals surface area contributed by atoms with Gasteiger partial charge in [0.2, 0.25) is 0 Å². The van der Waals surface area contributed by atoms with Gasteiger partial charge < -0.3 is 15.5 Å². The number of furan rings is 1. The predicted octanol–water partition coefficient (Wildman–Crippen LogP) is 0.0453. The molecule has 1 aliphatic heterocycles. The van der Waals surface area contributed by atoms with Crippen LogP contribution in [0.1, 0.15) is 29.2 Å². The van der Waals surface area contributed by atoms with Crippen molar-refractivity contribution in [3.05, 3.63) is 23.7 Å². The SMILES string of the molecule is NCc1ccc(C(=O)NCC2CCCS2(=O)=O)o1. The number of sulfone groups is 1. The fraction of sp³-hybridized carbons (Fsp3) is 0.545. The summed E-state index contributed by atoms with van der Waals surface area (Å²) in [6.45, 7) is 0.365.